The van der Waals surface area contributed by atoms with Crippen molar-refractivity contribution in [2.75, 3.05) is 6.61 Å². The minimum atomic E-state index is -1.20. The molecule has 6 heteroatoms. The molecule has 0 atom stereocenters. The molecule has 0 saturated heterocycles. The Labute approximate surface area is 115 Å². The molecule has 1 aromatic carbocycles. The van der Waals surface area contributed by atoms with E-state index >= 15 is 0 Å². The minimum absolute atomic E-state index is 0.134. The Morgan fingerprint density at radius 1 is 1.20 bits per heavy atom. The van der Waals surface area contributed by atoms with Crippen molar-refractivity contribution in [3.8, 4) is 5.75 Å². The third-order valence-corrected chi connectivity index (χ3v) is 2.82. The van der Waals surface area contributed by atoms with Crippen molar-refractivity contribution in [2.45, 2.75) is 39.0 Å². The Kier molecular flexibility index (Phi) is 6.35. The van der Waals surface area contributed by atoms with Crippen LogP contribution in [-0.2, 0) is 11.2 Å². The van der Waals surface area contributed by atoms with Gasteiger partial charge in [0.2, 0.25) is 5.91 Å². The second-order valence-corrected chi connectivity index (χ2v) is 4.51. The number of hydrogen-bond acceptors (Lipinski definition) is 2. The van der Waals surface area contributed by atoms with Gasteiger partial charge < -0.3 is 10.5 Å². The number of nitrogens with two attached hydrogens (primary N) is 1. The predicted molar refractivity (Wildman–Crippen MR) is 68.9 cm³/mol. The van der Waals surface area contributed by atoms with E-state index in [-0.39, 0.29) is 6.61 Å². The van der Waals surface area contributed by atoms with Gasteiger partial charge in [-0.15, -0.1) is 0 Å². The lowest BCUT2D eigenvalue weighted by Gasteiger charge is -2.11. The number of carbonyl (C=O) groups excluding carboxylic acids is 1. The van der Waals surface area contributed by atoms with Gasteiger partial charge in [0.05, 0.1) is 13.0 Å². The molecule has 0 aliphatic carbocycles. The summed E-state index contributed by atoms with van der Waals surface area (Å²) in [6, 6.07) is 0.503. The highest BCUT2D eigenvalue weighted by Crippen LogP contribution is 2.27. The molecular weight excluding hydrogens is 271 g/mol. The lowest BCUT2D eigenvalue weighted by atomic mass is 10.1. The molecule has 0 fully saturated rings. The molecule has 0 bridgehead atoms. The maximum Gasteiger partial charge on any atom is 0.222 e. The monoisotopic (exact) mass is 289 g/mol. The van der Waals surface area contributed by atoms with E-state index in [2.05, 4.69) is 0 Å². The smallest absolute Gasteiger partial charge is 0.222 e. The number of ether oxygens (including phenoxy) is 1. The van der Waals surface area contributed by atoms with E-state index in [1.807, 2.05) is 6.92 Å². The maximum absolute atomic E-state index is 13.9. The van der Waals surface area contributed by atoms with Crippen molar-refractivity contribution >= 4 is 5.91 Å². The average Bonchev–Trinajstić information content (AvgIpc) is 2.37. The highest BCUT2D eigenvalue weighted by Gasteiger charge is 2.21. The van der Waals surface area contributed by atoms with Crippen LogP contribution in [0.2, 0.25) is 0 Å². The average molecular weight is 289 g/mol. The summed E-state index contributed by atoms with van der Waals surface area (Å²) in [6.07, 6.45) is 2.93. The van der Waals surface area contributed by atoms with Gasteiger partial charge in [-0.05, 0) is 6.42 Å². The molecule has 1 aromatic rings. The molecule has 2 N–H and O–H groups in total. The summed E-state index contributed by atoms with van der Waals surface area (Å²) < 4.78 is 45.8. The molecule has 0 saturated carbocycles. The summed E-state index contributed by atoms with van der Waals surface area (Å²) in [6.45, 7) is 2.17. The third kappa shape index (κ3) is 4.43. The van der Waals surface area contributed by atoms with Crippen LogP contribution in [0.5, 0.6) is 5.75 Å². The fourth-order valence-electron chi connectivity index (χ4n) is 1.78. The zero-order valence-corrected chi connectivity index (χ0v) is 11.3. The number of benzene rings is 1. The van der Waals surface area contributed by atoms with E-state index in [9.17, 15) is 18.0 Å². The van der Waals surface area contributed by atoms with Crippen LogP contribution >= 0.6 is 0 Å². The molecule has 20 heavy (non-hydrogen) atoms. The molecule has 0 heterocycles. The zero-order chi connectivity index (χ0) is 15.1. The normalized spacial score (nSPS) is 10.6. The van der Waals surface area contributed by atoms with Crippen molar-refractivity contribution in [2.24, 2.45) is 5.73 Å². The number of rotatable bonds is 8. The maximum atomic E-state index is 13.9. The lowest BCUT2D eigenvalue weighted by Crippen LogP contribution is -2.17. The number of primary amides is 1. The first-order valence-electron chi connectivity index (χ1n) is 6.54. The third-order valence-electron chi connectivity index (χ3n) is 2.82. The summed E-state index contributed by atoms with van der Waals surface area (Å²) in [5.74, 6) is -5.01. The van der Waals surface area contributed by atoms with Gasteiger partial charge in [0.1, 0.15) is 5.82 Å². The van der Waals surface area contributed by atoms with Crippen molar-refractivity contribution in [3.63, 3.8) is 0 Å². The number of carbonyl (C=O) groups is 1. The second-order valence-electron chi connectivity index (χ2n) is 4.51. The molecule has 0 unspecified atom stereocenters. The van der Waals surface area contributed by atoms with Gasteiger partial charge in [0.25, 0.3) is 0 Å². The molecule has 0 spiro atoms. The highest BCUT2D eigenvalue weighted by atomic mass is 19.1. The van der Waals surface area contributed by atoms with Gasteiger partial charge in [-0.3, -0.25) is 4.79 Å². The van der Waals surface area contributed by atoms with Crippen LogP contribution in [0.1, 0.15) is 38.2 Å². The summed E-state index contributed by atoms with van der Waals surface area (Å²) >= 11 is 0. The SMILES string of the molecule is CCCCCCOc1c(F)cc(F)c(CC(N)=O)c1F. The standard InChI is InChI=1S/C14H18F3NO2/c1-2-3-4-5-6-20-14-11(16)8-10(15)9(13(14)17)7-12(18)19/h8H,2-7H2,1H3,(H2,18,19). The Balaban J connectivity index is 2.81. The van der Waals surface area contributed by atoms with E-state index in [0.717, 1.165) is 19.3 Å². The van der Waals surface area contributed by atoms with Crippen molar-refractivity contribution in [3.05, 3.63) is 29.1 Å². The largest absolute Gasteiger partial charge is 0.488 e. The fraction of sp³-hybridized carbons (Fsp3) is 0.500. The molecule has 0 radical (unpaired) electrons. The summed E-state index contributed by atoms with van der Waals surface area (Å²) in [4.78, 5) is 10.8. The highest BCUT2D eigenvalue weighted by molar-refractivity contribution is 5.76. The van der Waals surface area contributed by atoms with Crippen molar-refractivity contribution < 1.29 is 22.7 Å². The molecule has 0 aliphatic heterocycles. The van der Waals surface area contributed by atoms with Crippen LogP contribution in [0.25, 0.3) is 0 Å². The topological polar surface area (TPSA) is 52.3 Å². The van der Waals surface area contributed by atoms with Crippen molar-refractivity contribution in [1.29, 1.82) is 0 Å². The van der Waals surface area contributed by atoms with Crippen LogP contribution < -0.4 is 10.5 Å². The molecule has 1 amide bonds. The van der Waals surface area contributed by atoms with Crippen LogP contribution in [0, 0.1) is 17.5 Å². The van der Waals surface area contributed by atoms with E-state index in [0.29, 0.717) is 12.5 Å². The van der Waals surface area contributed by atoms with E-state index < -0.39 is 41.1 Å². The summed E-state index contributed by atoms with van der Waals surface area (Å²) in [5, 5.41) is 0. The first kappa shape index (κ1) is 16.3. The van der Waals surface area contributed by atoms with Crippen LogP contribution in [0.15, 0.2) is 6.07 Å². The number of halogens is 3. The van der Waals surface area contributed by atoms with Gasteiger partial charge in [0, 0.05) is 11.6 Å². The Morgan fingerprint density at radius 3 is 2.50 bits per heavy atom. The Bertz CT molecular complexity index is 478. The number of unbranched alkanes of at least 4 members (excludes halogenated alkanes) is 3. The van der Waals surface area contributed by atoms with Crippen molar-refractivity contribution in [1.82, 2.24) is 0 Å². The van der Waals surface area contributed by atoms with Gasteiger partial charge in [-0.2, -0.15) is 0 Å². The Hall–Kier alpha value is -1.72. The van der Waals surface area contributed by atoms with Gasteiger partial charge in [-0.25, -0.2) is 13.2 Å². The van der Waals surface area contributed by atoms with Gasteiger partial charge >= 0.3 is 0 Å². The van der Waals surface area contributed by atoms with E-state index in [1.165, 1.54) is 0 Å². The first-order valence-corrected chi connectivity index (χ1v) is 6.54. The van der Waals surface area contributed by atoms with Crippen LogP contribution in [0.4, 0.5) is 13.2 Å². The van der Waals surface area contributed by atoms with Crippen LogP contribution in [0.3, 0.4) is 0 Å². The molecule has 0 aliphatic rings. The second kappa shape index (κ2) is 7.77. The first-order chi connectivity index (χ1) is 9.47. The molecular formula is C14H18F3NO2. The summed E-state index contributed by atoms with van der Waals surface area (Å²) in [7, 11) is 0. The Morgan fingerprint density at radius 2 is 1.90 bits per heavy atom. The molecule has 0 aromatic heterocycles. The summed E-state index contributed by atoms with van der Waals surface area (Å²) in [5.41, 5.74) is 4.33. The minimum Gasteiger partial charge on any atom is -0.488 e. The predicted octanol–water partition coefficient (Wildman–Crippen LogP) is 3.09. The lowest BCUT2D eigenvalue weighted by molar-refractivity contribution is -0.117. The molecule has 1 rings (SSSR count). The van der Waals surface area contributed by atoms with Crippen LogP contribution in [-0.4, -0.2) is 12.5 Å². The fourth-order valence-corrected chi connectivity index (χ4v) is 1.78. The number of amides is 1. The van der Waals surface area contributed by atoms with E-state index in [4.69, 9.17) is 10.5 Å². The van der Waals surface area contributed by atoms with E-state index in [1.54, 1.807) is 0 Å². The zero-order valence-electron chi connectivity index (χ0n) is 11.3. The number of hydrogen-bond donors (Lipinski definition) is 1. The van der Waals surface area contributed by atoms with Gasteiger partial charge in [-0.1, -0.05) is 26.2 Å². The van der Waals surface area contributed by atoms with Gasteiger partial charge in [0.15, 0.2) is 17.4 Å². The molecule has 3 nitrogen and oxygen atoms in total. The molecule has 112 valence electrons. The quantitative estimate of drug-likeness (QED) is 0.748.